The second-order valence-corrected chi connectivity index (χ2v) is 7.38. The van der Waals surface area contributed by atoms with Crippen molar-refractivity contribution < 1.29 is 14.3 Å². The Bertz CT molecular complexity index is 1040. The number of nitrogens with one attached hydrogen (secondary N) is 2. The number of rotatable bonds is 5. The maximum absolute atomic E-state index is 12.4. The van der Waals surface area contributed by atoms with Gasteiger partial charge in [-0.1, -0.05) is 35.3 Å². The van der Waals surface area contributed by atoms with Gasteiger partial charge in [-0.3, -0.25) is 4.79 Å². The number of anilines is 1. The van der Waals surface area contributed by atoms with E-state index in [1.165, 1.54) is 13.0 Å². The number of halogens is 2. The van der Waals surface area contributed by atoms with Gasteiger partial charge in [-0.15, -0.1) is 0 Å². The zero-order chi connectivity index (χ0) is 21.1. The van der Waals surface area contributed by atoms with Crippen molar-refractivity contribution in [3.05, 3.63) is 69.5 Å². The molecule has 3 aromatic rings. The van der Waals surface area contributed by atoms with Crippen LogP contribution in [-0.4, -0.2) is 27.9 Å². The van der Waals surface area contributed by atoms with Gasteiger partial charge in [0.1, 0.15) is 5.82 Å². The average Bonchev–Trinajstić information content (AvgIpc) is 3.03. The number of amides is 1. The topological polar surface area (TPSA) is 84.1 Å². The standard InChI is InChI=1S/C21H19Cl2N3O3/c1-11-12(2)25-19(24-11)14-4-6-15(7-5-14)21(28)29-13(3)20(27)26-18-10-16(22)8-9-17(18)23/h4-10,13H,1-3H3,(H,24,25)(H,26,27). The number of aryl methyl sites for hydroxylation is 2. The first kappa shape index (κ1) is 20.9. The molecule has 29 heavy (non-hydrogen) atoms. The van der Waals surface area contributed by atoms with Gasteiger partial charge < -0.3 is 15.0 Å². The van der Waals surface area contributed by atoms with Gasteiger partial charge in [0.25, 0.3) is 5.91 Å². The Hall–Kier alpha value is -2.83. The average molecular weight is 432 g/mol. The number of hydrogen-bond acceptors (Lipinski definition) is 4. The lowest BCUT2D eigenvalue weighted by molar-refractivity contribution is -0.123. The fourth-order valence-corrected chi connectivity index (χ4v) is 2.90. The number of ether oxygens (including phenoxy) is 1. The molecule has 0 aliphatic heterocycles. The van der Waals surface area contributed by atoms with Gasteiger partial charge >= 0.3 is 5.97 Å². The summed E-state index contributed by atoms with van der Waals surface area (Å²) in [4.78, 5) is 32.3. The summed E-state index contributed by atoms with van der Waals surface area (Å²) in [7, 11) is 0. The van der Waals surface area contributed by atoms with Gasteiger partial charge in [0, 0.05) is 16.3 Å². The van der Waals surface area contributed by atoms with Crippen molar-refractivity contribution in [1.29, 1.82) is 0 Å². The number of imidazole rings is 1. The lowest BCUT2D eigenvalue weighted by Crippen LogP contribution is -2.30. The number of aromatic nitrogens is 2. The van der Waals surface area contributed by atoms with Crippen molar-refractivity contribution in [1.82, 2.24) is 9.97 Å². The molecule has 0 aliphatic rings. The molecular formula is C21H19Cl2N3O3. The van der Waals surface area contributed by atoms with E-state index in [0.717, 1.165) is 22.8 Å². The van der Waals surface area contributed by atoms with Crippen LogP contribution in [0.5, 0.6) is 0 Å². The first-order valence-corrected chi connectivity index (χ1v) is 9.60. The number of nitrogens with zero attached hydrogens (tertiary/aromatic N) is 1. The highest BCUT2D eigenvalue weighted by molar-refractivity contribution is 6.35. The van der Waals surface area contributed by atoms with E-state index in [1.807, 2.05) is 13.8 Å². The first-order chi connectivity index (χ1) is 13.7. The molecule has 2 aromatic carbocycles. The molecule has 1 amide bonds. The number of hydrogen-bond donors (Lipinski definition) is 2. The van der Waals surface area contributed by atoms with Gasteiger partial charge in [-0.05, 0) is 51.1 Å². The molecule has 1 aromatic heterocycles. The van der Waals surface area contributed by atoms with Gasteiger partial charge in [0.15, 0.2) is 6.10 Å². The van der Waals surface area contributed by atoms with E-state index in [1.54, 1.807) is 36.4 Å². The van der Waals surface area contributed by atoms with E-state index >= 15 is 0 Å². The Morgan fingerprint density at radius 2 is 1.79 bits per heavy atom. The largest absolute Gasteiger partial charge is 0.449 e. The number of H-pyrrole nitrogens is 1. The second kappa shape index (κ2) is 8.68. The Labute approximate surface area is 178 Å². The molecule has 8 heteroatoms. The number of carbonyl (C=O) groups is 2. The van der Waals surface area contributed by atoms with Crippen LogP contribution in [0.4, 0.5) is 5.69 Å². The minimum atomic E-state index is -1.02. The molecule has 1 atom stereocenters. The Morgan fingerprint density at radius 1 is 1.10 bits per heavy atom. The Balaban J connectivity index is 1.64. The number of aromatic amines is 1. The van der Waals surface area contributed by atoms with Crippen LogP contribution >= 0.6 is 23.2 Å². The van der Waals surface area contributed by atoms with E-state index in [-0.39, 0.29) is 0 Å². The molecule has 0 spiro atoms. The highest BCUT2D eigenvalue weighted by atomic mass is 35.5. The third kappa shape index (κ3) is 4.96. The number of carbonyl (C=O) groups excluding carboxylic acids is 2. The van der Waals surface area contributed by atoms with Crippen LogP contribution in [0.25, 0.3) is 11.4 Å². The minimum Gasteiger partial charge on any atom is -0.449 e. The zero-order valence-electron chi connectivity index (χ0n) is 16.0. The van der Waals surface area contributed by atoms with Crippen molar-refractivity contribution >= 4 is 40.8 Å². The molecular weight excluding hydrogens is 413 g/mol. The summed E-state index contributed by atoms with van der Waals surface area (Å²) in [5.74, 6) is -0.394. The molecule has 0 radical (unpaired) electrons. The van der Waals surface area contributed by atoms with Crippen LogP contribution in [-0.2, 0) is 9.53 Å². The monoisotopic (exact) mass is 431 g/mol. The number of esters is 1. The summed E-state index contributed by atoms with van der Waals surface area (Å²) < 4.78 is 5.26. The molecule has 1 unspecified atom stereocenters. The molecule has 1 heterocycles. The maximum atomic E-state index is 12.4. The lowest BCUT2D eigenvalue weighted by Gasteiger charge is -2.14. The summed E-state index contributed by atoms with van der Waals surface area (Å²) in [5.41, 5.74) is 3.43. The Morgan fingerprint density at radius 3 is 2.41 bits per heavy atom. The molecule has 3 rings (SSSR count). The van der Waals surface area contributed by atoms with Crippen molar-refractivity contribution in [3.8, 4) is 11.4 Å². The predicted octanol–water partition coefficient (Wildman–Crippen LogP) is 5.18. The second-order valence-electron chi connectivity index (χ2n) is 6.53. The van der Waals surface area contributed by atoms with Crippen LogP contribution in [0.1, 0.15) is 28.7 Å². The summed E-state index contributed by atoms with van der Waals surface area (Å²) in [6.07, 6.45) is -1.02. The van der Waals surface area contributed by atoms with Crippen molar-refractivity contribution in [2.75, 3.05) is 5.32 Å². The SMILES string of the molecule is Cc1nc(-c2ccc(C(=O)OC(C)C(=O)Nc3cc(Cl)ccc3Cl)cc2)[nH]c1C. The molecule has 0 saturated carbocycles. The smallest absolute Gasteiger partial charge is 0.338 e. The molecule has 0 bridgehead atoms. The molecule has 0 aliphatic carbocycles. The normalized spacial score (nSPS) is 11.8. The molecule has 0 saturated heterocycles. The van der Waals surface area contributed by atoms with Crippen LogP contribution < -0.4 is 5.32 Å². The van der Waals surface area contributed by atoms with Crippen molar-refractivity contribution in [3.63, 3.8) is 0 Å². The molecule has 6 nitrogen and oxygen atoms in total. The van der Waals surface area contributed by atoms with E-state index in [9.17, 15) is 9.59 Å². The van der Waals surface area contributed by atoms with Crippen molar-refractivity contribution in [2.24, 2.45) is 0 Å². The van der Waals surface area contributed by atoms with Gasteiger partial charge in [0.2, 0.25) is 0 Å². The first-order valence-electron chi connectivity index (χ1n) is 8.85. The molecule has 0 fully saturated rings. The van der Waals surface area contributed by atoms with Crippen molar-refractivity contribution in [2.45, 2.75) is 26.9 Å². The van der Waals surface area contributed by atoms with Crippen LogP contribution in [0.3, 0.4) is 0 Å². The van der Waals surface area contributed by atoms with Gasteiger partial charge in [0.05, 0.1) is 22.0 Å². The van der Waals surface area contributed by atoms with Crippen LogP contribution in [0.15, 0.2) is 42.5 Å². The zero-order valence-corrected chi connectivity index (χ0v) is 17.6. The third-order valence-electron chi connectivity index (χ3n) is 4.36. The highest BCUT2D eigenvalue weighted by Gasteiger charge is 2.20. The van der Waals surface area contributed by atoms with Crippen LogP contribution in [0, 0.1) is 13.8 Å². The van der Waals surface area contributed by atoms with Crippen LogP contribution in [0.2, 0.25) is 10.0 Å². The Kier molecular flexibility index (Phi) is 6.25. The molecule has 150 valence electrons. The fraction of sp³-hybridized carbons (Fsp3) is 0.190. The van der Waals surface area contributed by atoms with E-state index < -0.39 is 18.0 Å². The summed E-state index contributed by atoms with van der Waals surface area (Å²) in [6.45, 7) is 5.35. The molecule has 2 N–H and O–H groups in total. The third-order valence-corrected chi connectivity index (χ3v) is 4.93. The minimum absolute atomic E-state index is 0.328. The fourth-order valence-electron chi connectivity index (χ4n) is 2.56. The van der Waals surface area contributed by atoms with Gasteiger partial charge in [-0.2, -0.15) is 0 Å². The summed E-state index contributed by atoms with van der Waals surface area (Å²) in [5, 5.41) is 3.36. The van der Waals surface area contributed by atoms with E-state index in [4.69, 9.17) is 27.9 Å². The highest BCUT2D eigenvalue weighted by Crippen LogP contribution is 2.25. The maximum Gasteiger partial charge on any atom is 0.338 e. The summed E-state index contributed by atoms with van der Waals surface area (Å²) >= 11 is 11.9. The predicted molar refractivity (Wildman–Crippen MR) is 113 cm³/mol. The number of benzene rings is 2. The quantitative estimate of drug-likeness (QED) is 0.544. The lowest BCUT2D eigenvalue weighted by atomic mass is 10.1. The van der Waals surface area contributed by atoms with E-state index in [2.05, 4.69) is 15.3 Å². The van der Waals surface area contributed by atoms with Gasteiger partial charge in [-0.25, -0.2) is 9.78 Å². The summed E-state index contributed by atoms with van der Waals surface area (Å²) in [6, 6.07) is 11.5. The van der Waals surface area contributed by atoms with E-state index in [0.29, 0.717) is 21.3 Å².